The van der Waals surface area contributed by atoms with Gasteiger partial charge in [0.1, 0.15) is 5.69 Å². The van der Waals surface area contributed by atoms with Gasteiger partial charge >= 0.3 is 6.18 Å². The first-order chi connectivity index (χ1) is 9.00. The van der Waals surface area contributed by atoms with Crippen LogP contribution >= 0.6 is 0 Å². The van der Waals surface area contributed by atoms with Crippen LogP contribution in [-0.4, -0.2) is 35.8 Å². The highest BCUT2D eigenvalue weighted by molar-refractivity contribution is 5.31. The first kappa shape index (κ1) is 14.0. The highest BCUT2D eigenvalue weighted by Gasteiger charge is 2.33. The molecular weight excluding hydrogens is 259 g/mol. The topological polar surface area (TPSA) is 38.2 Å². The summed E-state index contributed by atoms with van der Waals surface area (Å²) in [5.74, 6) is 0.124. The van der Waals surface area contributed by atoms with Crippen LogP contribution in [-0.2, 0) is 10.9 Å². The minimum Gasteiger partial charge on any atom is -0.377 e. The van der Waals surface area contributed by atoms with Crippen molar-refractivity contribution >= 4 is 5.95 Å². The summed E-state index contributed by atoms with van der Waals surface area (Å²) in [4.78, 5) is 9.28. The Labute approximate surface area is 109 Å². The predicted molar refractivity (Wildman–Crippen MR) is 63.9 cm³/mol. The molecule has 1 atom stereocenters. The quantitative estimate of drug-likeness (QED) is 0.849. The van der Waals surface area contributed by atoms with Crippen LogP contribution in [0.1, 0.15) is 25.5 Å². The van der Waals surface area contributed by atoms with Gasteiger partial charge in [0.05, 0.1) is 6.10 Å². The van der Waals surface area contributed by atoms with E-state index in [0.717, 1.165) is 25.1 Å². The fourth-order valence-corrected chi connectivity index (χ4v) is 2.15. The molecule has 1 aromatic rings. The van der Waals surface area contributed by atoms with Gasteiger partial charge in [0.2, 0.25) is 5.95 Å². The number of ether oxygens (including phenoxy) is 1. The van der Waals surface area contributed by atoms with Crippen molar-refractivity contribution in [3.63, 3.8) is 0 Å². The van der Waals surface area contributed by atoms with Crippen LogP contribution < -0.4 is 4.90 Å². The zero-order valence-corrected chi connectivity index (χ0v) is 10.7. The van der Waals surface area contributed by atoms with Gasteiger partial charge in [0, 0.05) is 25.9 Å². The molecule has 106 valence electrons. The fraction of sp³-hybridized carbons (Fsp3) is 0.667. The summed E-state index contributed by atoms with van der Waals surface area (Å²) in [6, 6.07) is 0.882. The van der Waals surface area contributed by atoms with Gasteiger partial charge in [-0.2, -0.15) is 13.2 Å². The second-order valence-electron chi connectivity index (χ2n) is 4.41. The predicted octanol–water partition coefficient (Wildman–Crippen LogP) is 2.50. The highest BCUT2D eigenvalue weighted by Crippen LogP contribution is 2.28. The zero-order chi connectivity index (χ0) is 13.9. The summed E-state index contributed by atoms with van der Waals surface area (Å²) in [7, 11) is 0. The number of piperidine rings is 1. The van der Waals surface area contributed by atoms with Crippen molar-refractivity contribution in [2.24, 2.45) is 0 Å². The summed E-state index contributed by atoms with van der Waals surface area (Å²) in [5.41, 5.74) is -0.906. The lowest BCUT2D eigenvalue weighted by molar-refractivity contribution is -0.141. The average molecular weight is 275 g/mol. The molecule has 1 aromatic heterocycles. The second-order valence-corrected chi connectivity index (χ2v) is 4.41. The SMILES string of the molecule is CCOC1CCCN(c2nccc(C(F)(F)F)n2)C1. The normalized spacial score (nSPS) is 20.6. The molecule has 0 aromatic carbocycles. The van der Waals surface area contributed by atoms with Gasteiger partial charge in [-0.1, -0.05) is 0 Å². The monoisotopic (exact) mass is 275 g/mol. The summed E-state index contributed by atoms with van der Waals surface area (Å²) >= 11 is 0. The van der Waals surface area contributed by atoms with E-state index in [1.165, 1.54) is 0 Å². The number of hydrogen-bond donors (Lipinski definition) is 0. The lowest BCUT2D eigenvalue weighted by Gasteiger charge is -2.32. The molecule has 2 heterocycles. The molecule has 0 radical (unpaired) electrons. The Morgan fingerprint density at radius 1 is 1.47 bits per heavy atom. The smallest absolute Gasteiger partial charge is 0.377 e. The fourth-order valence-electron chi connectivity index (χ4n) is 2.15. The Morgan fingerprint density at radius 3 is 2.95 bits per heavy atom. The van der Waals surface area contributed by atoms with Crippen molar-refractivity contribution in [3.8, 4) is 0 Å². The number of anilines is 1. The van der Waals surface area contributed by atoms with Crippen LogP contribution in [0.5, 0.6) is 0 Å². The van der Waals surface area contributed by atoms with E-state index in [1.807, 2.05) is 6.92 Å². The molecule has 1 fully saturated rings. The van der Waals surface area contributed by atoms with Gasteiger partial charge in [-0.25, -0.2) is 9.97 Å². The van der Waals surface area contributed by atoms with E-state index in [-0.39, 0.29) is 12.1 Å². The Hall–Kier alpha value is -1.37. The summed E-state index contributed by atoms with van der Waals surface area (Å²) < 4.78 is 43.3. The van der Waals surface area contributed by atoms with Crippen molar-refractivity contribution in [3.05, 3.63) is 18.0 Å². The molecule has 0 saturated carbocycles. The van der Waals surface area contributed by atoms with E-state index in [2.05, 4.69) is 9.97 Å². The molecule has 2 rings (SSSR count). The lowest BCUT2D eigenvalue weighted by atomic mass is 10.1. The van der Waals surface area contributed by atoms with Gasteiger partial charge in [-0.15, -0.1) is 0 Å². The molecule has 1 unspecified atom stereocenters. The van der Waals surface area contributed by atoms with Crippen molar-refractivity contribution in [2.75, 3.05) is 24.6 Å². The van der Waals surface area contributed by atoms with E-state index in [0.29, 0.717) is 19.7 Å². The average Bonchev–Trinajstić information content (AvgIpc) is 2.39. The van der Waals surface area contributed by atoms with Gasteiger partial charge in [0.15, 0.2) is 0 Å². The molecule has 0 amide bonds. The molecular formula is C12H16F3N3O. The van der Waals surface area contributed by atoms with E-state index in [4.69, 9.17) is 4.74 Å². The molecule has 1 aliphatic rings. The van der Waals surface area contributed by atoms with Crippen LogP contribution in [0.3, 0.4) is 0 Å². The van der Waals surface area contributed by atoms with Gasteiger partial charge < -0.3 is 9.64 Å². The molecule has 7 heteroatoms. The van der Waals surface area contributed by atoms with Crippen LogP contribution in [0.25, 0.3) is 0 Å². The van der Waals surface area contributed by atoms with Crippen LogP contribution in [0.15, 0.2) is 12.3 Å². The molecule has 4 nitrogen and oxygen atoms in total. The van der Waals surface area contributed by atoms with E-state index in [1.54, 1.807) is 4.90 Å². The van der Waals surface area contributed by atoms with E-state index in [9.17, 15) is 13.2 Å². The standard InChI is InChI=1S/C12H16F3N3O/c1-2-19-9-4-3-7-18(8-9)11-16-6-5-10(17-11)12(13,14)15/h5-6,9H,2-4,7-8H2,1H3. The number of alkyl halides is 3. The van der Waals surface area contributed by atoms with Crippen molar-refractivity contribution in [1.82, 2.24) is 9.97 Å². The maximum Gasteiger partial charge on any atom is 0.433 e. The van der Waals surface area contributed by atoms with Crippen LogP contribution in [0.2, 0.25) is 0 Å². The van der Waals surface area contributed by atoms with Crippen molar-refractivity contribution in [1.29, 1.82) is 0 Å². The maximum atomic E-state index is 12.6. The molecule has 0 spiro atoms. The Kier molecular flexibility index (Phi) is 4.24. The molecule has 0 bridgehead atoms. The van der Waals surface area contributed by atoms with Crippen molar-refractivity contribution in [2.45, 2.75) is 32.0 Å². The number of aromatic nitrogens is 2. The molecule has 0 aliphatic carbocycles. The minimum atomic E-state index is -4.44. The molecule has 1 aliphatic heterocycles. The Balaban J connectivity index is 2.13. The third-order valence-electron chi connectivity index (χ3n) is 3.00. The summed E-state index contributed by atoms with van der Waals surface area (Å²) in [5, 5.41) is 0. The molecule has 1 saturated heterocycles. The Bertz CT molecular complexity index is 423. The lowest BCUT2D eigenvalue weighted by Crippen LogP contribution is -2.40. The minimum absolute atomic E-state index is 0.0388. The number of nitrogens with zero attached hydrogens (tertiary/aromatic N) is 3. The molecule has 0 N–H and O–H groups in total. The molecule has 19 heavy (non-hydrogen) atoms. The number of hydrogen-bond acceptors (Lipinski definition) is 4. The van der Waals surface area contributed by atoms with Crippen molar-refractivity contribution < 1.29 is 17.9 Å². The maximum absolute atomic E-state index is 12.6. The van der Waals surface area contributed by atoms with E-state index < -0.39 is 11.9 Å². The Morgan fingerprint density at radius 2 is 2.26 bits per heavy atom. The first-order valence-electron chi connectivity index (χ1n) is 6.27. The number of rotatable bonds is 3. The van der Waals surface area contributed by atoms with Crippen LogP contribution in [0, 0.1) is 0 Å². The van der Waals surface area contributed by atoms with Crippen LogP contribution in [0.4, 0.5) is 19.1 Å². The van der Waals surface area contributed by atoms with Gasteiger partial charge in [-0.3, -0.25) is 0 Å². The summed E-state index contributed by atoms with van der Waals surface area (Å²) in [6.07, 6.45) is -1.47. The van der Waals surface area contributed by atoms with E-state index >= 15 is 0 Å². The van der Waals surface area contributed by atoms with Gasteiger partial charge in [-0.05, 0) is 25.8 Å². The number of halogens is 3. The second kappa shape index (κ2) is 5.73. The summed E-state index contributed by atoms with van der Waals surface area (Å²) in [6.45, 7) is 3.70. The third-order valence-corrected chi connectivity index (χ3v) is 3.00. The largest absolute Gasteiger partial charge is 0.433 e. The first-order valence-corrected chi connectivity index (χ1v) is 6.27. The highest BCUT2D eigenvalue weighted by atomic mass is 19.4. The third kappa shape index (κ3) is 3.56. The zero-order valence-electron chi connectivity index (χ0n) is 10.7. The van der Waals surface area contributed by atoms with Gasteiger partial charge in [0.25, 0.3) is 0 Å².